The second-order valence-electron chi connectivity index (χ2n) is 4.06. The van der Waals surface area contributed by atoms with Gasteiger partial charge in [-0.3, -0.25) is 0 Å². The van der Waals surface area contributed by atoms with E-state index < -0.39 is 17.7 Å². The molecule has 2 rings (SSSR count). The zero-order chi connectivity index (χ0) is 13.1. The molecule has 0 amide bonds. The van der Waals surface area contributed by atoms with Crippen LogP contribution in [0.15, 0.2) is 30.7 Å². The van der Waals surface area contributed by atoms with Crippen LogP contribution in [0.3, 0.4) is 0 Å². The van der Waals surface area contributed by atoms with Crippen LogP contribution in [-0.2, 0) is 13.0 Å². The van der Waals surface area contributed by atoms with Crippen molar-refractivity contribution in [2.75, 3.05) is 0 Å². The molecular formula is C13H14F2N2O. The maximum absolute atomic E-state index is 13.5. The molecule has 0 aliphatic heterocycles. The molecule has 2 aromatic rings. The van der Waals surface area contributed by atoms with E-state index in [1.54, 1.807) is 10.9 Å². The number of nitrogens with zero attached hydrogens (tertiary/aromatic N) is 2. The largest absolute Gasteiger partial charge is 0.386 e. The predicted octanol–water partition coefficient (Wildman–Crippen LogP) is 2.46. The number of rotatable bonds is 4. The third-order valence-electron chi connectivity index (χ3n) is 2.85. The highest BCUT2D eigenvalue weighted by Gasteiger charge is 2.15. The Balaban J connectivity index is 2.21. The summed E-state index contributed by atoms with van der Waals surface area (Å²) in [5, 5.41) is 10.0. The molecule has 1 atom stereocenters. The van der Waals surface area contributed by atoms with E-state index in [-0.39, 0.29) is 12.0 Å². The molecule has 96 valence electrons. The SMILES string of the molecule is CCn1cncc1C(O)Cc1cc(F)ccc1F. The normalized spacial score (nSPS) is 12.7. The highest BCUT2D eigenvalue weighted by atomic mass is 19.1. The summed E-state index contributed by atoms with van der Waals surface area (Å²) in [4.78, 5) is 3.93. The van der Waals surface area contributed by atoms with Crippen LogP contribution in [0.4, 0.5) is 8.78 Å². The highest BCUT2D eigenvalue weighted by Crippen LogP contribution is 2.20. The van der Waals surface area contributed by atoms with Gasteiger partial charge in [-0.25, -0.2) is 13.8 Å². The fourth-order valence-corrected chi connectivity index (χ4v) is 1.89. The van der Waals surface area contributed by atoms with Gasteiger partial charge in [0.15, 0.2) is 0 Å². The number of imidazole rings is 1. The summed E-state index contributed by atoms with van der Waals surface area (Å²) in [6, 6.07) is 3.22. The summed E-state index contributed by atoms with van der Waals surface area (Å²) in [7, 11) is 0. The lowest BCUT2D eigenvalue weighted by Crippen LogP contribution is -2.09. The van der Waals surface area contributed by atoms with Crippen LogP contribution >= 0.6 is 0 Å². The Morgan fingerprint density at radius 1 is 1.39 bits per heavy atom. The summed E-state index contributed by atoms with van der Waals surface area (Å²) >= 11 is 0. The molecule has 0 fully saturated rings. The average Bonchev–Trinajstić information content (AvgIpc) is 2.82. The molecule has 1 N–H and O–H groups in total. The Bertz CT molecular complexity index is 540. The van der Waals surface area contributed by atoms with Crippen molar-refractivity contribution >= 4 is 0 Å². The van der Waals surface area contributed by atoms with Crippen molar-refractivity contribution in [2.45, 2.75) is 26.0 Å². The number of hydrogen-bond acceptors (Lipinski definition) is 2. The quantitative estimate of drug-likeness (QED) is 0.907. The van der Waals surface area contributed by atoms with Gasteiger partial charge in [-0.05, 0) is 30.7 Å². The Morgan fingerprint density at radius 3 is 2.89 bits per heavy atom. The molecule has 18 heavy (non-hydrogen) atoms. The second-order valence-corrected chi connectivity index (χ2v) is 4.06. The second kappa shape index (κ2) is 5.27. The van der Waals surface area contributed by atoms with E-state index in [1.165, 1.54) is 6.20 Å². The lowest BCUT2D eigenvalue weighted by Gasteiger charge is -2.13. The first kappa shape index (κ1) is 12.7. The van der Waals surface area contributed by atoms with E-state index in [2.05, 4.69) is 4.98 Å². The average molecular weight is 252 g/mol. The minimum absolute atomic E-state index is 0.0231. The fraction of sp³-hybridized carbons (Fsp3) is 0.308. The number of hydrogen-bond donors (Lipinski definition) is 1. The number of aryl methyl sites for hydroxylation is 1. The lowest BCUT2D eigenvalue weighted by atomic mass is 10.1. The van der Waals surface area contributed by atoms with Gasteiger partial charge in [0.1, 0.15) is 11.6 Å². The molecule has 0 bridgehead atoms. The molecule has 0 saturated carbocycles. The van der Waals surface area contributed by atoms with Gasteiger partial charge in [0, 0.05) is 13.0 Å². The zero-order valence-corrected chi connectivity index (χ0v) is 9.98. The fourth-order valence-electron chi connectivity index (χ4n) is 1.89. The zero-order valence-electron chi connectivity index (χ0n) is 9.98. The maximum Gasteiger partial charge on any atom is 0.126 e. The smallest absolute Gasteiger partial charge is 0.126 e. The van der Waals surface area contributed by atoms with Crippen molar-refractivity contribution in [3.63, 3.8) is 0 Å². The van der Waals surface area contributed by atoms with Crippen LogP contribution in [0.2, 0.25) is 0 Å². The first-order valence-corrected chi connectivity index (χ1v) is 5.73. The van der Waals surface area contributed by atoms with Crippen molar-refractivity contribution in [1.29, 1.82) is 0 Å². The van der Waals surface area contributed by atoms with Crippen molar-refractivity contribution < 1.29 is 13.9 Å². The number of aliphatic hydroxyl groups excluding tert-OH is 1. The Hall–Kier alpha value is -1.75. The van der Waals surface area contributed by atoms with Gasteiger partial charge in [0.25, 0.3) is 0 Å². The lowest BCUT2D eigenvalue weighted by molar-refractivity contribution is 0.167. The number of benzene rings is 1. The summed E-state index contributed by atoms with van der Waals surface area (Å²) < 4.78 is 28.2. The van der Waals surface area contributed by atoms with Crippen LogP contribution in [0, 0.1) is 11.6 Å². The molecule has 0 aliphatic rings. The van der Waals surface area contributed by atoms with Gasteiger partial charge in [-0.1, -0.05) is 0 Å². The van der Waals surface area contributed by atoms with E-state index in [0.29, 0.717) is 12.2 Å². The first-order chi connectivity index (χ1) is 8.61. The van der Waals surface area contributed by atoms with Crippen LogP contribution in [0.25, 0.3) is 0 Å². The molecule has 1 aromatic heterocycles. The van der Waals surface area contributed by atoms with E-state index >= 15 is 0 Å². The summed E-state index contributed by atoms with van der Waals surface area (Å²) in [5.41, 5.74) is 0.757. The molecular weight excluding hydrogens is 238 g/mol. The molecule has 1 aromatic carbocycles. The van der Waals surface area contributed by atoms with Crippen molar-refractivity contribution in [3.05, 3.63) is 53.6 Å². The van der Waals surface area contributed by atoms with E-state index in [9.17, 15) is 13.9 Å². The number of aliphatic hydroxyl groups is 1. The van der Waals surface area contributed by atoms with Crippen LogP contribution in [-0.4, -0.2) is 14.7 Å². The Morgan fingerprint density at radius 2 is 2.17 bits per heavy atom. The molecule has 5 heteroatoms. The van der Waals surface area contributed by atoms with E-state index in [0.717, 1.165) is 18.2 Å². The molecule has 0 saturated heterocycles. The molecule has 1 unspecified atom stereocenters. The third kappa shape index (κ3) is 2.56. The van der Waals surface area contributed by atoms with Gasteiger partial charge in [0.05, 0.1) is 24.3 Å². The summed E-state index contributed by atoms with van der Waals surface area (Å²) in [6.07, 6.45) is 2.25. The van der Waals surface area contributed by atoms with Crippen LogP contribution in [0.1, 0.15) is 24.3 Å². The topological polar surface area (TPSA) is 38.0 Å². The van der Waals surface area contributed by atoms with Crippen LogP contribution in [0.5, 0.6) is 0 Å². The molecule has 0 radical (unpaired) electrons. The number of halogens is 2. The van der Waals surface area contributed by atoms with Gasteiger partial charge >= 0.3 is 0 Å². The van der Waals surface area contributed by atoms with E-state index in [4.69, 9.17) is 0 Å². The van der Waals surface area contributed by atoms with Crippen molar-refractivity contribution in [2.24, 2.45) is 0 Å². The van der Waals surface area contributed by atoms with E-state index in [1.807, 2.05) is 6.92 Å². The highest BCUT2D eigenvalue weighted by molar-refractivity contribution is 5.21. The van der Waals surface area contributed by atoms with Crippen LogP contribution < -0.4 is 0 Å². The molecule has 3 nitrogen and oxygen atoms in total. The monoisotopic (exact) mass is 252 g/mol. The first-order valence-electron chi connectivity index (χ1n) is 5.73. The minimum Gasteiger partial charge on any atom is -0.386 e. The predicted molar refractivity (Wildman–Crippen MR) is 62.9 cm³/mol. The maximum atomic E-state index is 13.5. The standard InChI is InChI=1S/C13H14F2N2O/c1-2-17-8-16-7-12(17)13(18)6-9-5-10(14)3-4-11(9)15/h3-5,7-8,13,18H,2,6H2,1H3. The van der Waals surface area contributed by atoms with Crippen molar-refractivity contribution in [1.82, 2.24) is 9.55 Å². The number of aromatic nitrogens is 2. The van der Waals surface area contributed by atoms with Gasteiger partial charge < -0.3 is 9.67 Å². The van der Waals surface area contributed by atoms with Gasteiger partial charge in [-0.15, -0.1) is 0 Å². The Labute approximate surface area is 104 Å². The molecule has 0 aliphatic carbocycles. The molecule has 0 spiro atoms. The summed E-state index contributed by atoms with van der Waals surface area (Å²) in [5.74, 6) is -1.03. The van der Waals surface area contributed by atoms with Gasteiger partial charge in [-0.2, -0.15) is 0 Å². The summed E-state index contributed by atoms with van der Waals surface area (Å²) in [6.45, 7) is 2.58. The Kier molecular flexibility index (Phi) is 3.72. The van der Waals surface area contributed by atoms with Gasteiger partial charge in [0.2, 0.25) is 0 Å². The van der Waals surface area contributed by atoms with Crippen molar-refractivity contribution in [3.8, 4) is 0 Å². The third-order valence-corrected chi connectivity index (χ3v) is 2.85. The molecule has 1 heterocycles. The minimum atomic E-state index is -0.899.